The zero-order chi connectivity index (χ0) is 13.9. The van der Waals surface area contributed by atoms with Crippen molar-refractivity contribution in [1.29, 1.82) is 0 Å². The van der Waals surface area contributed by atoms with Crippen LogP contribution in [0.1, 0.15) is 18.1 Å². The minimum atomic E-state index is -1.69. The second-order valence-corrected chi connectivity index (χ2v) is 3.62. The number of benzene rings is 1. The predicted octanol–water partition coefficient (Wildman–Crippen LogP) is 0.842. The number of methoxy groups -OCH3 is 1. The van der Waals surface area contributed by atoms with Crippen LogP contribution >= 0.6 is 0 Å². The van der Waals surface area contributed by atoms with Gasteiger partial charge in [0.25, 0.3) is 0 Å². The molecule has 18 heavy (non-hydrogen) atoms. The molecule has 7 heteroatoms. The zero-order valence-corrected chi connectivity index (χ0v) is 9.43. The summed E-state index contributed by atoms with van der Waals surface area (Å²) in [5, 5.41) is 27.6. The fraction of sp³-hybridized carbons (Fsp3) is 0.364. The summed E-state index contributed by atoms with van der Waals surface area (Å²) in [6, 6.07) is 1.37. The van der Waals surface area contributed by atoms with E-state index in [1.165, 1.54) is 7.11 Å². The average Bonchev–Trinajstić information content (AvgIpc) is 2.30. The summed E-state index contributed by atoms with van der Waals surface area (Å²) in [5.41, 5.74) is -0.217. The van der Waals surface area contributed by atoms with Crippen molar-refractivity contribution in [3.8, 4) is 5.75 Å². The van der Waals surface area contributed by atoms with Gasteiger partial charge in [0.15, 0.2) is 11.6 Å². The average molecular weight is 262 g/mol. The molecular formula is C11H12F2O5. The van der Waals surface area contributed by atoms with Crippen molar-refractivity contribution in [2.45, 2.75) is 18.6 Å². The van der Waals surface area contributed by atoms with Crippen molar-refractivity contribution in [3.05, 3.63) is 29.3 Å². The van der Waals surface area contributed by atoms with E-state index in [1.54, 1.807) is 0 Å². The second-order valence-electron chi connectivity index (χ2n) is 3.62. The van der Waals surface area contributed by atoms with Crippen LogP contribution in [-0.2, 0) is 4.79 Å². The molecule has 0 saturated carbocycles. The van der Waals surface area contributed by atoms with Crippen molar-refractivity contribution in [2.24, 2.45) is 0 Å². The smallest absolute Gasteiger partial charge is 0.306 e. The van der Waals surface area contributed by atoms with E-state index in [0.717, 1.165) is 0 Å². The number of aliphatic hydroxyl groups is 2. The SMILES string of the molecule is COc1cc(F)c(F)cc1C(O)C(O)CC(=O)O. The van der Waals surface area contributed by atoms with Crippen LogP contribution in [0.3, 0.4) is 0 Å². The van der Waals surface area contributed by atoms with Crippen LogP contribution in [-0.4, -0.2) is 34.5 Å². The molecule has 0 radical (unpaired) electrons. The first kappa shape index (κ1) is 14.3. The molecule has 0 aliphatic heterocycles. The van der Waals surface area contributed by atoms with E-state index in [9.17, 15) is 23.8 Å². The number of rotatable bonds is 5. The Balaban J connectivity index is 3.07. The van der Waals surface area contributed by atoms with Crippen LogP contribution in [0, 0.1) is 11.6 Å². The van der Waals surface area contributed by atoms with E-state index in [0.29, 0.717) is 12.1 Å². The summed E-state index contributed by atoms with van der Waals surface area (Å²) >= 11 is 0. The molecule has 100 valence electrons. The predicted molar refractivity (Wildman–Crippen MR) is 56.1 cm³/mol. The monoisotopic (exact) mass is 262 g/mol. The molecule has 3 N–H and O–H groups in total. The molecule has 5 nitrogen and oxygen atoms in total. The van der Waals surface area contributed by atoms with Gasteiger partial charge >= 0.3 is 5.97 Å². The number of carboxylic acid groups (broad SMARTS) is 1. The van der Waals surface area contributed by atoms with Crippen LogP contribution in [0.4, 0.5) is 8.78 Å². The van der Waals surface area contributed by atoms with Gasteiger partial charge in [0.05, 0.1) is 19.6 Å². The molecule has 0 heterocycles. The molecule has 0 aliphatic rings. The fourth-order valence-electron chi connectivity index (χ4n) is 1.45. The van der Waals surface area contributed by atoms with Gasteiger partial charge in [-0.3, -0.25) is 4.79 Å². The highest BCUT2D eigenvalue weighted by Gasteiger charge is 2.25. The van der Waals surface area contributed by atoms with Gasteiger partial charge in [-0.2, -0.15) is 0 Å². The van der Waals surface area contributed by atoms with Crippen LogP contribution in [0.2, 0.25) is 0 Å². The summed E-state index contributed by atoms with van der Waals surface area (Å²) < 4.78 is 30.7. The Morgan fingerprint density at radius 3 is 2.39 bits per heavy atom. The van der Waals surface area contributed by atoms with E-state index in [-0.39, 0.29) is 11.3 Å². The normalized spacial score (nSPS) is 14.1. The quantitative estimate of drug-likeness (QED) is 0.732. The lowest BCUT2D eigenvalue weighted by Crippen LogP contribution is -2.22. The Bertz CT molecular complexity index is 449. The number of aliphatic hydroxyl groups excluding tert-OH is 2. The summed E-state index contributed by atoms with van der Waals surface area (Å²) in [4.78, 5) is 10.4. The van der Waals surface area contributed by atoms with Gasteiger partial charge in [0.2, 0.25) is 0 Å². The lowest BCUT2D eigenvalue weighted by atomic mass is 10.0. The van der Waals surface area contributed by atoms with E-state index in [4.69, 9.17) is 9.84 Å². The Labute approximate surface area is 101 Å². The summed E-state index contributed by atoms with van der Waals surface area (Å²) in [7, 11) is 1.17. The van der Waals surface area contributed by atoms with Crippen molar-refractivity contribution < 1.29 is 33.6 Å². The van der Waals surface area contributed by atoms with E-state index < -0.39 is 36.2 Å². The number of aliphatic carboxylic acids is 1. The lowest BCUT2D eigenvalue weighted by Gasteiger charge is -2.19. The largest absolute Gasteiger partial charge is 0.496 e. The van der Waals surface area contributed by atoms with Gasteiger partial charge in [0, 0.05) is 11.6 Å². The number of hydrogen-bond donors (Lipinski definition) is 3. The molecule has 0 spiro atoms. The lowest BCUT2D eigenvalue weighted by molar-refractivity contribution is -0.141. The molecule has 0 aromatic heterocycles. The van der Waals surface area contributed by atoms with Crippen LogP contribution in [0.25, 0.3) is 0 Å². The Hall–Kier alpha value is -1.73. The molecule has 0 amide bonds. The third kappa shape index (κ3) is 3.14. The van der Waals surface area contributed by atoms with Crippen molar-refractivity contribution >= 4 is 5.97 Å². The van der Waals surface area contributed by atoms with Crippen molar-refractivity contribution in [3.63, 3.8) is 0 Å². The molecule has 2 atom stereocenters. The standard InChI is InChI=1S/C11H12F2O5/c1-18-9-3-7(13)6(12)2-5(9)11(17)8(14)4-10(15)16/h2-3,8,11,14,17H,4H2,1H3,(H,15,16). The highest BCUT2D eigenvalue weighted by Crippen LogP contribution is 2.30. The van der Waals surface area contributed by atoms with Gasteiger partial charge in [-0.15, -0.1) is 0 Å². The Morgan fingerprint density at radius 1 is 1.33 bits per heavy atom. The van der Waals surface area contributed by atoms with Gasteiger partial charge in [0.1, 0.15) is 11.9 Å². The molecule has 1 aromatic carbocycles. The first-order chi connectivity index (χ1) is 8.36. The maximum atomic E-state index is 13.0. The molecular weight excluding hydrogens is 250 g/mol. The number of carboxylic acids is 1. The molecule has 0 aliphatic carbocycles. The zero-order valence-electron chi connectivity index (χ0n) is 9.43. The third-order valence-electron chi connectivity index (χ3n) is 2.34. The van der Waals surface area contributed by atoms with E-state index in [2.05, 4.69) is 0 Å². The number of ether oxygens (including phenoxy) is 1. The summed E-state index contributed by atoms with van der Waals surface area (Å²) in [6.07, 6.45) is -4.07. The maximum absolute atomic E-state index is 13.0. The number of halogens is 2. The van der Waals surface area contributed by atoms with E-state index in [1.807, 2.05) is 0 Å². The number of hydrogen-bond acceptors (Lipinski definition) is 4. The molecule has 0 saturated heterocycles. The van der Waals surface area contributed by atoms with E-state index >= 15 is 0 Å². The minimum Gasteiger partial charge on any atom is -0.496 e. The van der Waals surface area contributed by atoms with Gasteiger partial charge in [-0.05, 0) is 6.07 Å². The van der Waals surface area contributed by atoms with Gasteiger partial charge < -0.3 is 20.1 Å². The van der Waals surface area contributed by atoms with Crippen molar-refractivity contribution in [1.82, 2.24) is 0 Å². The topological polar surface area (TPSA) is 87.0 Å². The molecule has 2 unspecified atom stereocenters. The first-order valence-corrected chi connectivity index (χ1v) is 4.97. The maximum Gasteiger partial charge on any atom is 0.306 e. The molecule has 0 bridgehead atoms. The number of carbonyl (C=O) groups is 1. The fourth-order valence-corrected chi connectivity index (χ4v) is 1.45. The highest BCUT2D eigenvalue weighted by atomic mass is 19.2. The van der Waals surface area contributed by atoms with Gasteiger partial charge in [-0.25, -0.2) is 8.78 Å². The third-order valence-corrected chi connectivity index (χ3v) is 2.34. The molecule has 1 aromatic rings. The second kappa shape index (κ2) is 5.74. The molecule has 0 fully saturated rings. The summed E-state index contributed by atoms with van der Waals surface area (Å²) in [6.45, 7) is 0. The Kier molecular flexibility index (Phi) is 4.57. The minimum absolute atomic E-state index is 0.175. The van der Waals surface area contributed by atoms with Crippen LogP contribution in [0.5, 0.6) is 5.75 Å². The van der Waals surface area contributed by atoms with Crippen LogP contribution < -0.4 is 4.74 Å². The molecule has 1 rings (SSSR count). The summed E-state index contributed by atoms with van der Waals surface area (Å²) in [5.74, 6) is -3.91. The van der Waals surface area contributed by atoms with Crippen LogP contribution in [0.15, 0.2) is 12.1 Å². The van der Waals surface area contributed by atoms with Gasteiger partial charge in [-0.1, -0.05) is 0 Å². The highest BCUT2D eigenvalue weighted by molar-refractivity contribution is 5.67. The Morgan fingerprint density at radius 2 is 1.89 bits per heavy atom. The van der Waals surface area contributed by atoms with Crippen molar-refractivity contribution in [2.75, 3.05) is 7.11 Å². The first-order valence-electron chi connectivity index (χ1n) is 4.97.